The van der Waals surface area contributed by atoms with Crippen molar-refractivity contribution in [1.82, 2.24) is 4.98 Å². The molecule has 0 saturated carbocycles. The number of aryl methyl sites for hydroxylation is 1. The molecule has 0 aliphatic heterocycles. The fourth-order valence-electron chi connectivity index (χ4n) is 1.47. The van der Waals surface area contributed by atoms with Crippen LogP contribution in [0.1, 0.15) is 19.9 Å². The molecule has 2 heteroatoms. The molecule has 2 aromatic rings. The Morgan fingerprint density at radius 3 is 2.79 bits per heavy atom. The van der Waals surface area contributed by atoms with Crippen LogP contribution in [0.25, 0.3) is 10.8 Å². The van der Waals surface area contributed by atoms with Gasteiger partial charge in [-0.3, -0.25) is 0 Å². The van der Waals surface area contributed by atoms with E-state index in [0.717, 1.165) is 11.8 Å². The van der Waals surface area contributed by atoms with Crippen molar-refractivity contribution in [1.29, 1.82) is 0 Å². The van der Waals surface area contributed by atoms with E-state index in [9.17, 15) is 0 Å². The minimum Gasteiger partial charge on any atom is -0.383 e. The standard InChI is InChI=1S/C11H12N2.CH4/c1-2-8-3-4-10-9(7-8)5-6-13-11(10)12;/h3-7H,2H2,1H3,(H2,12,13);1H4. The highest BCUT2D eigenvalue weighted by Crippen LogP contribution is 2.19. The zero-order valence-electron chi connectivity index (χ0n) is 7.62. The minimum absolute atomic E-state index is 0. The SMILES string of the molecule is C.CCc1ccc2c(N)nccc2c1. The van der Waals surface area contributed by atoms with E-state index in [-0.39, 0.29) is 7.43 Å². The third-order valence-corrected chi connectivity index (χ3v) is 2.27. The van der Waals surface area contributed by atoms with Crippen molar-refractivity contribution in [3.05, 3.63) is 36.0 Å². The molecule has 1 aromatic carbocycles. The number of nitrogens with zero attached hydrogens (tertiary/aromatic N) is 1. The Morgan fingerprint density at radius 2 is 2.07 bits per heavy atom. The molecule has 0 atom stereocenters. The van der Waals surface area contributed by atoms with Gasteiger partial charge in [0.1, 0.15) is 5.82 Å². The zero-order valence-corrected chi connectivity index (χ0v) is 7.62. The Labute approximate surface area is 84.8 Å². The first kappa shape index (κ1) is 10.5. The number of benzene rings is 1. The smallest absolute Gasteiger partial charge is 0.131 e. The number of aromatic nitrogens is 1. The summed E-state index contributed by atoms with van der Waals surface area (Å²) >= 11 is 0. The molecule has 0 radical (unpaired) electrons. The summed E-state index contributed by atoms with van der Waals surface area (Å²) in [7, 11) is 0. The maximum atomic E-state index is 5.74. The number of anilines is 1. The summed E-state index contributed by atoms with van der Waals surface area (Å²) < 4.78 is 0. The van der Waals surface area contributed by atoms with Crippen LogP contribution in [0.2, 0.25) is 0 Å². The van der Waals surface area contributed by atoms with Gasteiger partial charge in [0.15, 0.2) is 0 Å². The van der Waals surface area contributed by atoms with Crippen LogP contribution in [-0.2, 0) is 6.42 Å². The fourth-order valence-corrected chi connectivity index (χ4v) is 1.47. The summed E-state index contributed by atoms with van der Waals surface area (Å²) in [5.74, 6) is 0.611. The summed E-state index contributed by atoms with van der Waals surface area (Å²) in [5.41, 5.74) is 7.07. The van der Waals surface area contributed by atoms with Gasteiger partial charge in [0, 0.05) is 11.6 Å². The molecule has 0 amide bonds. The lowest BCUT2D eigenvalue weighted by Crippen LogP contribution is -1.91. The Kier molecular flexibility index (Phi) is 3.07. The average molecular weight is 188 g/mol. The first-order valence-electron chi connectivity index (χ1n) is 4.44. The molecule has 1 heterocycles. The van der Waals surface area contributed by atoms with E-state index >= 15 is 0 Å². The highest BCUT2D eigenvalue weighted by atomic mass is 14.8. The van der Waals surface area contributed by atoms with Crippen LogP contribution in [0.15, 0.2) is 30.5 Å². The lowest BCUT2D eigenvalue weighted by atomic mass is 10.1. The van der Waals surface area contributed by atoms with Crippen molar-refractivity contribution in [2.45, 2.75) is 20.8 Å². The van der Waals surface area contributed by atoms with Crippen molar-refractivity contribution in [3.8, 4) is 0 Å². The number of pyridine rings is 1. The number of rotatable bonds is 1. The monoisotopic (exact) mass is 188 g/mol. The molecule has 14 heavy (non-hydrogen) atoms. The average Bonchev–Trinajstić information content (AvgIpc) is 2.18. The summed E-state index contributed by atoms with van der Waals surface area (Å²) in [6.45, 7) is 2.14. The van der Waals surface area contributed by atoms with Crippen LogP contribution in [0.4, 0.5) is 5.82 Å². The summed E-state index contributed by atoms with van der Waals surface area (Å²) in [4.78, 5) is 4.04. The maximum absolute atomic E-state index is 5.74. The summed E-state index contributed by atoms with van der Waals surface area (Å²) in [6.07, 6.45) is 2.80. The molecule has 1 aromatic heterocycles. The van der Waals surface area contributed by atoms with Gasteiger partial charge < -0.3 is 5.73 Å². The lowest BCUT2D eigenvalue weighted by Gasteiger charge is -2.02. The highest BCUT2D eigenvalue weighted by Gasteiger charge is 1.98. The number of nitrogen functional groups attached to an aromatic ring is 1. The van der Waals surface area contributed by atoms with Crippen LogP contribution >= 0.6 is 0 Å². The van der Waals surface area contributed by atoms with Gasteiger partial charge in [-0.25, -0.2) is 4.98 Å². The van der Waals surface area contributed by atoms with Crippen LogP contribution in [-0.4, -0.2) is 4.98 Å². The number of nitrogens with two attached hydrogens (primary N) is 1. The molecule has 0 saturated heterocycles. The van der Waals surface area contributed by atoms with Crippen molar-refractivity contribution in [2.24, 2.45) is 0 Å². The van der Waals surface area contributed by atoms with E-state index in [1.165, 1.54) is 10.9 Å². The number of fused-ring (bicyclic) bond motifs is 1. The Morgan fingerprint density at radius 1 is 1.29 bits per heavy atom. The first-order valence-corrected chi connectivity index (χ1v) is 4.44. The van der Waals surface area contributed by atoms with Gasteiger partial charge in [0.2, 0.25) is 0 Å². The molecule has 74 valence electrons. The van der Waals surface area contributed by atoms with E-state index in [1.807, 2.05) is 12.1 Å². The van der Waals surface area contributed by atoms with E-state index in [2.05, 4.69) is 24.0 Å². The zero-order chi connectivity index (χ0) is 9.26. The van der Waals surface area contributed by atoms with Crippen LogP contribution in [0, 0.1) is 0 Å². The predicted octanol–water partition coefficient (Wildman–Crippen LogP) is 3.02. The Balaban J connectivity index is 0.000000980. The molecule has 0 bridgehead atoms. The van der Waals surface area contributed by atoms with Gasteiger partial charge >= 0.3 is 0 Å². The van der Waals surface area contributed by atoms with Crippen molar-refractivity contribution in [3.63, 3.8) is 0 Å². The van der Waals surface area contributed by atoms with Crippen LogP contribution in [0.5, 0.6) is 0 Å². The summed E-state index contributed by atoms with van der Waals surface area (Å²) in [6, 6.07) is 8.29. The van der Waals surface area contributed by atoms with Crippen LogP contribution in [0.3, 0.4) is 0 Å². The van der Waals surface area contributed by atoms with E-state index < -0.39 is 0 Å². The molecular formula is C12H16N2. The normalized spacial score (nSPS) is 9.79. The first-order chi connectivity index (χ1) is 6.31. The van der Waals surface area contributed by atoms with Crippen LogP contribution < -0.4 is 5.73 Å². The molecule has 2 N–H and O–H groups in total. The highest BCUT2D eigenvalue weighted by molar-refractivity contribution is 5.91. The maximum Gasteiger partial charge on any atom is 0.131 e. The van der Waals surface area contributed by atoms with E-state index in [1.54, 1.807) is 6.20 Å². The minimum atomic E-state index is 0. The van der Waals surface area contributed by atoms with Gasteiger partial charge in [-0.1, -0.05) is 32.5 Å². The summed E-state index contributed by atoms with van der Waals surface area (Å²) in [5, 5.41) is 2.21. The van der Waals surface area contributed by atoms with Gasteiger partial charge in [-0.15, -0.1) is 0 Å². The predicted molar refractivity (Wildman–Crippen MR) is 62.3 cm³/mol. The van der Waals surface area contributed by atoms with Crippen molar-refractivity contribution in [2.75, 3.05) is 5.73 Å². The second kappa shape index (κ2) is 4.09. The molecule has 0 fully saturated rings. The molecular weight excluding hydrogens is 172 g/mol. The molecule has 2 nitrogen and oxygen atoms in total. The van der Waals surface area contributed by atoms with Gasteiger partial charge in [-0.05, 0) is 23.4 Å². The molecule has 0 aliphatic rings. The van der Waals surface area contributed by atoms with E-state index in [0.29, 0.717) is 5.82 Å². The number of hydrogen-bond donors (Lipinski definition) is 1. The lowest BCUT2D eigenvalue weighted by molar-refractivity contribution is 1.15. The molecule has 0 unspecified atom stereocenters. The molecule has 2 rings (SSSR count). The van der Waals surface area contributed by atoms with Gasteiger partial charge in [0.25, 0.3) is 0 Å². The van der Waals surface area contributed by atoms with Crippen molar-refractivity contribution < 1.29 is 0 Å². The van der Waals surface area contributed by atoms with Gasteiger partial charge in [0.05, 0.1) is 0 Å². The van der Waals surface area contributed by atoms with Gasteiger partial charge in [-0.2, -0.15) is 0 Å². The number of hydrogen-bond acceptors (Lipinski definition) is 2. The largest absolute Gasteiger partial charge is 0.383 e. The molecule has 0 aliphatic carbocycles. The topological polar surface area (TPSA) is 38.9 Å². The molecule has 0 spiro atoms. The second-order valence-electron chi connectivity index (χ2n) is 3.11. The third kappa shape index (κ3) is 1.69. The third-order valence-electron chi connectivity index (χ3n) is 2.27. The second-order valence-corrected chi connectivity index (χ2v) is 3.11. The Bertz CT molecular complexity index is 435. The Hall–Kier alpha value is -1.57. The quantitative estimate of drug-likeness (QED) is 0.747. The van der Waals surface area contributed by atoms with E-state index in [4.69, 9.17) is 5.73 Å². The fraction of sp³-hybridized carbons (Fsp3) is 0.250. The van der Waals surface area contributed by atoms with Crippen molar-refractivity contribution >= 4 is 16.6 Å².